The van der Waals surface area contributed by atoms with Crippen molar-refractivity contribution in [1.82, 2.24) is 0 Å². The van der Waals surface area contributed by atoms with Crippen molar-refractivity contribution in [2.45, 2.75) is 408 Å². The molecule has 126 heavy (non-hydrogen) atoms. The van der Waals surface area contributed by atoms with Gasteiger partial charge in [0.15, 0.2) is 56.6 Å². The van der Waals surface area contributed by atoms with E-state index in [2.05, 4.69) is 0 Å². The van der Waals surface area contributed by atoms with Crippen LogP contribution in [0, 0.1) is 0 Å². The molecule has 9 saturated heterocycles. The molecule has 52 N–H and O–H groups in total. The monoisotopic (exact) mass is 1840 g/mol. The van der Waals surface area contributed by atoms with Crippen LogP contribution in [-0.4, -0.2) is 464 Å². The second-order valence-electron chi connectivity index (χ2n) is 34.7. The molecule has 12 fully saturated rings. The fraction of sp³-hybridized carbons (Fsp3) is 1.00. The molecule has 55 unspecified atom stereocenters. The van der Waals surface area contributed by atoms with E-state index in [1.807, 2.05) is 13.8 Å². The molecule has 52 nitrogen and oxygen atoms in total. The van der Waals surface area contributed by atoms with Gasteiger partial charge in [0.25, 0.3) is 0 Å². The Hall–Kier alpha value is -2.15. The summed E-state index contributed by atoms with van der Waals surface area (Å²) >= 11 is 0. The summed E-state index contributed by atoms with van der Waals surface area (Å²) in [6.07, 6.45) is -46.6. The van der Waals surface area contributed by atoms with Crippen molar-refractivity contribution in [3.63, 3.8) is 0 Å². The van der Waals surface area contributed by atoms with Gasteiger partial charge in [-0.1, -0.05) is 13.8 Å². The van der Waals surface area contributed by atoms with Crippen LogP contribution in [-0.2, 0) is 85.3 Å². The number of hydrogen-bond donors (Lipinski definition) is 34. The summed E-state index contributed by atoms with van der Waals surface area (Å²) in [6.45, 7) is 1.39. The van der Waals surface area contributed by atoms with Crippen LogP contribution in [0.25, 0.3) is 0 Å². The number of ether oxygens (including phenoxy) is 18. The summed E-state index contributed by atoms with van der Waals surface area (Å²) in [7, 11) is 0. The average Bonchev–Trinajstić information content (AvgIpc) is 1.59. The lowest BCUT2D eigenvalue weighted by Gasteiger charge is -2.47. The van der Waals surface area contributed by atoms with Crippen LogP contribution in [0.2, 0.25) is 0 Å². The molecule has 0 aromatic carbocycles. The van der Waals surface area contributed by atoms with Crippen LogP contribution in [0.1, 0.15) is 71.6 Å². The molecule has 3 saturated carbocycles. The first-order valence-corrected chi connectivity index (χ1v) is 43.1. The number of aliphatic hydroxyl groups is 16. The topological polar surface area (TPSA) is 958 Å². The molecule has 0 amide bonds. The highest BCUT2D eigenvalue weighted by atomic mass is 19.1. The standard InChI is InChI=1S/2C25H50N6O11.C23H45FN6O12/c2*1-2-8(27)12-4-3-9(28)23(37-12)40-20-11(30)5-10(29)16(33)22(20)42-25-19(36)21(14(7-32)39-25)41-24-15(31)18(35)17(34)13(6-26)38-24;24-10-11(29)21(37-7(2-25)14(10)33)40-18-6(28)1-5(27)13(32)20(18)42-23-17(36)19(9(4-31)39-23)41-22-12(30)16(35)15(34)8(3-26)38-22/h2*8-25,32-36H,2-7,26-31H2,1H3;5-23,31-36H,1-4,25-30H2. The molecular weight excluding hydrogens is 1690 g/mol. The molecule has 53 heteroatoms. The summed E-state index contributed by atoms with van der Waals surface area (Å²) in [5.41, 5.74) is 109. The van der Waals surface area contributed by atoms with Crippen molar-refractivity contribution >= 4 is 0 Å². The minimum atomic E-state index is -1.95. The Kier molecular flexibility index (Phi) is 39.6. The summed E-state index contributed by atoms with van der Waals surface area (Å²) in [4.78, 5) is 0. The Balaban J connectivity index is 0.000000197. The number of halogens is 1. The van der Waals surface area contributed by atoms with Crippen LogP contribution in [0.15, 0.2) is 0 Å². The van der Waals surface area contributed by atoms with Gasteiger partial charge in [0.2, 0.25) is 0 Å². The average molecular weight is 1840 g/mol. The van der Waals surface area contributed by atoms with E-state index in [-0.39, 0.29) is 69.7 Å². The zero-order chi connectivity index (χ0) is 92.8. The Bertz CT molecular complexity index is 3080. The predicted molar refractivity (Wildman–Crippen MR) is 427 cm³/mol. The third-order valence-corrected chi connectivity index (χ3v) is 25.9. The Morgan fingerprint density at radius 1 is 0.262 bits per heavy atom. The maximum absolute atomic E-state index is 14.7. The Labute approximate surface area is 726 Å². The SMILES string of the molecule is CCC(N)C1CCC(N)C(OC2C(N)CC(N)C(O)C2OC2OC(CO)C(OC3OC(CN)C(O)C(O)C3N)C2O)O1.CCC(N)C1CCC(N)C(OC2C(N)CC(N)C(O)C2OC2OC(CO)C(OC3OC(CN)C(O)C(O)C3N)C2O)O1.NCC1OC(OC2C(CO)OC(OC3C(O)C(N)CC(N)C3OC3OC(CN)C(O)C(F)C3N)C2O)C(N)C(O)C1O. The van der Waals surface area contributed by atoms with Gasteiger partial charge >= 0.3 is 0 Å². The maximum Gasteiger partial charge on any atom is 0.187 e. The highest BCUT2D eigenvalue weighted by molar-refractivity contribution is 5.07. The van der Waals surface area contributed by atoms with Gasteiger partial charge < -0.3 is 270 Å². The van der Waals surface area contributed by atoms with Crippen molar-refractivity contribution in [3.05, 3.63) is 0 Å². The van der Waals surface area contributed by atoms with E-state index in [9.17, 15) is 86.1 Å². The van der Waals surface area contributed by atoms with Crippen molar-refractivity contribution in [2.75, 3.05) is 46.0 Å². The van der Waals surface area contributed by atoms with Crippen LogP contribution >= 0.6 is 0 Å². The molecule has 0 spiro atoms. The first kappa shape index (κ1) is 106. The van der Waals surface area contributed by atoms with E-state index in [1.165, 1.54) is 0 Å². The molecule has 55 atom stereocenters. The molecule has 0 aromatic rings. The van der Waals surface area contributed by atoms with Gasteiger partial charge in [-0.05, 0) is 57.8 Å². The fourth-order valence-electron chi connectivity index (χ4n) is 17.8. The number of hydrogen-bond acceptors (Lipinski definition) is 52. The molecule has 738 valence electrons. The Morgan fingerprint density at radius 2 is 0.500 bits per heavy atom. The molecule has 0 aromatic heterocycles. The number of nitrogens with two attached hydrogens (primary N) is 18. The molecule has 12 rings (SSSR count). The van der Waals surface area contributed by atoms with Gasteiger partial charge in [0.05, 0.1) is 86.6 Å². The minimum Gasteiger partial charge on any atom is -0.394 e. The van der Waals surface area contributed by atoms with E-state index in [0.29, 0.717) is 38.5 Å². The van der Waals surface area contributed by atoms with Crippen molar-refractivity contribution in [2.24, 2.45) is 103 Å². The summed E-state index contributed by atoms with van der Waals surface area (Å²) in [5, 5.41) is 168. The molecule has 0 bridgehead atoms. The van der Waals surface area contributed by atoms with E-state index < -0.39 is 332 Å². The lowest BCUT2D eigenvalue weighted by atomic mass is 9.84. The lowest BCUT2D eigenvalue weighted by molar-refractivity contribution is -0.302. The second-order valence-corrected chi connectivity index (χ2v) is 34.7. The largest absolute Gasteiger partial charge is 0.394 e. The third-order valence-electron chi connectivity index (χ3n) is 25.9. The molecule has 0 radical (unpaired) electrons. The Morgan fingerprint density at radius 3 is 0.762 bits per heavy atom. The van der Waals surface area contributed by atoms with E-state index in [1.54, 1.807) is 0 Å². The summed E-state index contributed by atoms with van der Waals surface area (Å²) in [5.74, 6) is 0. The van der Waals surface area contributed by atoms with Crippen LogP contribution in [0.4, 0.5) is 4.39 Å². The summed E-state index contributed by atoms with van der Waals surface area (Å²) < 4.78 is 120. The first-order chi connectivity index (χ1) is 59.7. The van der Waals surface area contributed by atoms with E-state index >= 15 is 0 Å². The zero-order valence-corrected chi connectivity index (χ0v) is 70.3. The third kappa shape index (κ3) is 23.7. The quantitative estimate of drug-likeness (QED) is 0.0331. The van der Waals surface area contributed by atoms with Crippen LogP contribution in [0.3, 0.4) is 0 Å². The number of alkyl halides is 1. The molecule has 12 aliphatic rings. The van der Waals surface area contributed by atoms with E-state index in [0.717, 1.165) is 0 Å². The van der Waals surface area contributed by atoms with Crippen molar-refractivity contribution < 1.29 is 171 Å². The van der Waals surface area contributed by atoms with Gasteiger partial charge in [-0.15, -0.1) is 0 Å². The predicted octanol–water partition coefficient (Wildman–Crippen LogP) is -20.0. The molecule has 3 aliphatic carbocycles. The van der Waals surface area contributed by atoms with Gasteiger partial charge in [0.1, 0.15) is 165 Å². The minimum absolute atomic E-state index is 0.0577. The van der Waals surface area contributed by atoms with E-state index in [4.69, 9.17) is 188 Å². The van der Waals surface area contributed by atoms with Gasteiger partial charge in [-0.3, -0.25) is 0 Å². The van der Waals surface area contributed by atoms with Crippen LogP contribution < -0.4 is 103 Å². The molecule has 9 heterocycles. The van der Waals surface area contributed by atoms with Gasteiger partial charge in [0, 0.05) is 74.5 Å². The van der Waals surface area contributed by atoms with Crippen molar-refractivity contribution in [3.8, 4) is 0 Å². The zero-order valence-electron chi connectivity index (χ0n) is 70.3. The lowest BCUT2D eigenvalue weighted by Crippen LogP contribution is -2.67. The summed E-state index contributed by atoms with van der Waals surface area (Å²) in [6, 6.07) is -11.2. The maximum atomic E-state index is 14.7. The van der Waals surface area contributed by atoms with Gasteiger partial charge in [-0.2, -0.15) is 0 Å². The number of rotatable bonds is 29. The number of aliphatic hydroxyl groups excluding tert-OH is 16. The van der Waals surface area contributed by atoms with Crippen molar-refractivity contribution in [1.29, 1.82) is 0 Å². The molecule has 9 aliphatic heterocycles. The van der Waals surface area contributed by atoms with Gasteiger partial charge in [-0.25, -0.2) is 4.39 Å². The normalized spacial score (nSPS) is 51.9. The highest BCUT2D eigenvalue weighted by Crippen LogP contribution is 2.41. The first-order valence-electron chi connectivity index (χ1n) is 43.1. The second kappa shape index (κ2) is 47.1. The molecular formula is C73H145FN18O34. The van der Waals surface area contributed by atoms with Crippen LogP contribution in [0.5, 0.6) is 0 Å². The highest BCUT2D eigenvalue weighted by Gasteiger charge is 2.60. The smallest absolute Gasteiger partial charge is 0.187 e. The fourth-order valence-corrected chi connectivity index (χ4v) is 17.8.